The Labute approximate surface area is 80.1 Å². The van der Waals surface area contributed by atoms with E-state index in [4.69, 9.17) is 0 Å². The molecule has 0 radical (unpaired) electrons. The number of hydrogen-bond donors (Lipinski definition) is 1. The Morgan fingerprint density at radius 3 is 2.43 bits per heavy atom. The Bertz CT molecular complexity index is 301. The SMILES string of the molecule is CC1CNCCN1S(=O)(=O)C(F)(F)F. The summed E-state index contributed by atoms with van der Waals surface area (Å²) in [5.41, 5.74) is -5.20. The molecule has 0 bridgehead atoms. The van der Waals surface area contributed by atoms with Crippen LogP contribution < -0.4 is 5.32 Å². The highest BCUT2D eigenvalue weighted by molar-refractivity contribution is 7.90. The molecule has 8 heteroatoms. The Balaban J connectivity index is 2.92. The molecule has 1 fully saturated rings. The van der Waals surface area contributed by atoms with Crippen LogP contribution in [0.4, 0.5) is 13.2 Å². The zero-order valence-corrected chi connectivity index (χ0v) is 8.32. The third-order valence-corrected chi connectivity index (χ3v) is 3.79. The lowest BCUT2D eigenvalue weighted by molar-refractivity contribution is -0.0503. The molecule has 4 nitrogen and oxygen atoms in total. The molecule has 0 aromatic heterocycles. The highest BCUT2D eigenvalue weighted by atomic mass is 32.2. The van der Waals surface area contributed by atoms with E-state index in [1.165, 1.54) is 6.92 Å². The molecule has 0 aromatic rings. The van der Waals surface area contributed by atoms with Gasteiger partial charge in [0, 0.05) is 25.7 Å². The fourth-order valence-electron chi connectivity index (χ4n) is 1.31. The monoisotopic (exact) mass is 232 g/mol. The number of nitrogens with one attached hydrogen (secondary N) is 1. The fraction of sp³-hybridized carbons (Fsp3) is 1.00. The molecule has 0 aromatic carbocycles. The first kappa shape index (κ1) is 11.7. The summed E-state index contributed by atoms with van der Waals surface area (Å²) in [4.78, 5) is 0. The first-order chi connectivity index (χ1) is 6.27. The van der Waals surface area contributed by atoms with Crippen LogP contribution in [-0.2, 0) is 10.0 Å². The predicted octanol–water partition coefficient (Wildman–Crippen LogP) is 0.130. The lowest BCUT2D eigenvalue weighted by atomic mass is 10.3. The largest absolute Gasteiger partial charge is 0.511 e. The summed E-state index contributed by atoms with van der Waals surface area (Å²) >= 11 is 0. The molecule has 1 aliphatic heterocycles. The molecule has 1 N–H and O–H groups in total. The van der Waals surface area contributed by atoms with E-state index in [0.717, 1.165) is 0 Å². The van der Waals surface area contributed by atoms with Crippen LogP contribution >= 0.6 is 0 Å². The molecule has 1 rings (SSSR count). The van der Waals surface area contributed by atoms with Crippen LogP contribution in [0, 0.1) is 0 Å². The number of halogens is 3. The van der Waals surface area contributed by atoms with Crippen molar-refractivity contribution in [2.24, 2.45) is 0 Å². The zero-order chi connectivity index (χ0) is 11.0. The van der Waals surface area contributed by atoms with Gasteiger partial charge in [0.15, 0.2) is 0 Å². The van der Waals surface area contributed by atoms with E-state index in [1.54, 1.807) is 0 Å². The van der Waals surface area contributed by atoms with E-state index < -0.39 is 21.6 Å². The molecule has 1 atom stereocenters. The number of alkyl halides is 3. The van der Waals surface area contributed by atoms with Gasteiger partial charge in [-0.1, -0.05) is 0 Å². The lowest BCUT2D eigenvalue weighted by Gasteiger charge is -2.33. The quantitative estimate of drug-likeness (QED) is 0.699. The van der Waals surface area contributed by atoms with Crippen molar-refractivity contribution in [3.05, 3.63) is 0 Å². The maximum Gasteiger partial charge on any atom is 0.511 e. The molecule has 84 valence electrons. The number of hydrogen-bond acceptors (Lipinski definition) is 3. The van der Waals surface area contributed by atoms with Gasteiger partial charge in [0.25, 0.3) is 0 Å². The van der Waals surface area contributed by atoms with Crippen LogP contribution in [0.15, 0.2) is 0 Å². The Kier molecular flexibility index (Phi) is 3.07. The summed E-state index contributed by atoms with van der Waals surface area (Å²) < 4.78 is 58.9. The molecule has 0 spiro atoms. The molecular formula is C6H11F3N2O2S. The summed E-state index contributed by atoms with van der Waals surface area (Å²) in [5.74, 6) is 0. The normalized spacial score (nSPS) is 26.4. The van der Waals surface area contributed by atoms with Crippen molar-refractivity contribution in [2.75, 3.05) is 19.6 Å². The van der Waals surface area contributed by atoms with Gasteiger partial charge in [-0.15, -0.1) is 0 Å². The minimum Gasteiger partial charge on any atom is -0.314 e. The molecule has 1 unspecified atom stereocenters. The van der Waals surface area contributed by atoms with Crippen molar-refractivity contribution in [2.45, 2.75) is 18.5 Å². The van der Waals surface area contributed by atoms with Crippen LogP contribution in [0.3, 0.4) is 0 Å². The van der Waals surface area contributed by atoms with Gasteiger partial charge in [0.1, 0.15) is 0 Å². The van der Waals surface area contributed by atoms with E-state index in [-0.39, 0.29) is 19.6 Å². The summed E-state index contributed by atoms with van der Waals surface area (Å²) in [6.45, 7) is 1.80. The van der Waals surface area contributed by atoms with Crippen LogP contribution in [0.25, 0.3) is 0 Å². The standard InChI is InChI=1S/C6H11F3N2O2S/c1-5-4-10-2-3-11(5)14(12,13)6(7,8)9/h5,10H,2-4H2,1H3. The third-order valence-electron chi connectivity index (χ3n) is 2.04. The van der Waals surface area contributed by atoms with Gasteiger partial charge in [0.2, 0.25) is 0 Å². The van der Waals surface area contributed by atoms with Gasteiger partial charge in [-0.2, -0.15) is 17.5 Å². The maximum absolute atomic E-state index is 12.1. The van der Waals surface area contributed by atoms with E-state index in [1.807, 2.05) is 0 Å². The topological polar surface area (TPSA) is 49.4 Å². The van der Waals surface area contributed by atoms with Crippen molar-refractivity contribution < 1.29 is 21.6 Å². The summed E-state index contributed by atoms with van der Waals surface area (Å²) in [6.07, 6.45) is 0. The molecular weight excluding hydrogens is 221 g/mol. The number of piperazine rings is 1. The molecule has 0 aliphatic carbocycles. The van der Waals surface area contributed by atoms with E-state index in [9.17, 15) is 21.6 Å². The lowest BCUT2D eigenvalue weighted by Crippen LogP contribution is -2.55. The average Bonchev–Trinajstić information content (AvgIpc) is 2.02. The van der Waals surface area contributed by atoms with Crippen molar-refractivity contribution in [1.29, 1.82) is 0 Å². The number of rotatable bonds is 1. The van der Waals surface area contributed by atoms with Crippen molar-refractivity contribution in [3.8, 4) is 0 Å². The summed E-state index contributed by atoms with van der Waals surface area (Å²) in [6, 6.07) is -0.657. The van der Waals surface area contributed by atoms with Gasteiger partial charge in [-0.05, 0) is 6.92 Å². The van der Waals surface area contributed by atoms with Gasteiger partial charge in [-0.25, -0.2) is 8.42 Å². The molecule has 0 saturated carbocycles. The van der Waals surface area contributed by atoms with Gasteiger partial charge >= 0.3 is 15.5 Å². The summed E-state index contributed by atoms with van der Waals surface area (Å²) in [7, 11) is -5.16. The van der Waals surface area contributed by atoms with Gasteiger partial charge < -0.3 is 5.32 Å². The third kappa shape index (κ3) is 2.01. The Morgan fingerprint density at radius 1 is 1.43 bits per heavy atom. The van der Waals surface area contributed by atoms with E-state index in [2.05, 4.69) is 5.32 Å². The molecule has 0 amide bonds. The average molecular weight is 232 g/mol. The first-order valence-corrected chi connectivity index (χ1v) is 5.49. The molecule has 1 heterocycles. The first-order valence-electron chi connectivity index (χ1n) is 4.05. The van der Waals surface area contributed by atoms with Crippen molar-refractivity contribution in [3.63, 3.8) is 0 Å². The minimum absolute atomic E-state index is 0.136. The fourth-order valence-corrected chi connectivity index (χ4v) is 2.46. The van der Waals surface area contributed by atoms with E-state index in [0.29, 0.717) is 4.31 Å². The van der Waals surface area contributed by atoms with Crippen LogP contribution in [0.2, 0.25) is 0 Å². The second-order valence-electron chi connectivity index (χ2n) is 3.11. The molecule has 1 aliphatic rings. The number of sulfonamides is 1. The Morgan fingerprint density at radius 2 is 2.00 bits per heavy atom. The maximum atomic E-state index is 12.1. The minimum atomic E-state index is -5.20. The van der Waals surface area contributed by atoms with Crippen molar-refractivity contribution >= 4 is 10.0 Å². The zero-order valence-electron chi connectivity index (χ0n) is 7.50. The summed E-state index contributed by atoms with van der Waals surface area (Å²) in [5, 5.41) is 2.81. The smallest absolute Gasteiger partial charge is 0.314 e. The highest BCUT2D eigenvalue weighted by Gasteiger charge is 2.51. The van der Waals surface area contributed by atoms with Crippen LogP contribution in [0.1, 0.15) is 6.92 Å². The van der Waals surface area contributed by atoms with E-state index >= 15 is 0 Å². The van der Waals surface area contributed by atoms with Gasteiger partial charge in [0.05, 0.1) is 0 Å². The van der Waals surface area contributed by atoms with Gasteiger partial charge in [-0.3, -0.25) is 0 Å². The Hall–Kier alpha value is -0.340. The second-order valence-corrected chi connectivity index (χ2v) is 5.00. The highest BCUT2D eigenvalue weighted by Crippen LogP contribution is 2.28. The predicted molar refractivity (Wildman–Crippen MR) is 44.0 cm³/mol. The van der Waals surface area contributed by atoms with Crippen molar-refractivity contribution in [1.82, 2.24) is 9.62 Å². The molecule has 1 saturated heterocycles. The van der Waals surface area contributed by atoms with Crippen LogP contribution in [-0.4, -0.2) is 43.9 Å². The molecule has 14 heavy (non-hydrogen) atoms. The van der Waals surface area contributed by atoms with Crippen LogP contribution in [0.5, 0.6) is 0 Å². The second kappa shape index (κ2) is 3.67. The number of nitrogens with zero attached hydrogens (tertiary/aromatic N) is 1.